The van der Waals surface area contributed by atoms with Crippen molar-refractivity contribution in [3.63, 3.8) is 0 Å². The first-order valence-electron chi connectivity index (χ1n) is 7.09. The van der Waals surface area contributed by atoms with Gasteiger partial charge in [-0.3, -0.25) is 9.59 Å². The average Bonchev–Trinajstić information content (AvgIpc) is 2.34. The number of aromatic nitrogens is 2. The van der Waals surface area contributed by atoms with Crippen LogP contribution in [0.5, 0.6) is 0 Å². The maximum Gasteiger partial charge on any atom is 0.222 e. The van der Waals surface area contributed by atoms with E-state index in [-0.39, 0.29) is 11.7 Å². The fraction of sp³-hybridized carbons (Fsp3) is 0.250. The largest absolute Gasteiger partial charge is 0.384 e. The minimum Gasteiger partial charge on any atom is -0.384 e. The Balaban J connectivity index is 0.000000272. The topological polar surface area (TPSA) is 124 Å². The molecule has 0 aliphatic carbocycles. The summed E-state index contributed by atoms with van der Waals surface area (Å²) in [5, 5.41) is 2.60. The van der Waals surface area contributed by atoms with Gasteiger partial charge >= 0.3 is 0 Å². The standard InChI is InChI=1S/C11H14N2O2.C5H6BrN3/c1-7-4-10(6-8(2)14)13-11(5-7)12-9(3)15;6-3-1-4(7)9-5(8)2-3/h4-5H,6H2,1-3H3,(H,12,13,15);1-2H,(H4,7,8,9). The van der Waals surface area contributed by atoms with Gasteiger partial charge in [0.05, 0.1) is 5.69 Å². The van der Waals surface area contributed by atoms with Crippen LogP contribution in [0.15, 0.2) is 28.7 Å². The van der Waals surface area contributed by atoms with Gasteiger partial charge in [-0.25, -0.2) is 9.97 Å². The Labute approximate surface area is 149 Å². The Bertz CT molecular complexity index is 665. The average molecular weight is 394 g/mol. The molecule has 0 fully saturated rings. The van der Waals surface area contributed by atoms with Crippen molar-refractivity contribution in [1.29, 1.82) is 0 Å². The number of nitrogens with one attached hydrogen (secondary N) is 1. The van der Waals surface area contributed by atoms with Crippen molar-refractivity contribution in [2.24, 2.45) is 0 Å². The zero-order chi connectivity index (χ0) is 18.3. The number of aryl methyl sites for hydroxylation is 1. The van der Waals surface area contributed by atoms with Crippen molar-refractivity contribution >= 4 is 45.1 Å². The number of halogens is 1. The summed E-state index contributed by atoms with van der Waals surface area (Å²) in [5.41, 5.74) is 12.3. The lowest BCUT2D eigenvalue weighted by Gasteiger charge is -2.05. The highest BCUT2D eigenvalue weighted by Crippen LogP contribution is 2.14. The van der Waals surface area contributed by atoms with Gasteiger partial charge in [-0.05, 0) is 43.7 Å². The van der Waals surface area contributed by atoms with E-state index in [4.69, 9.17) is 11.5 Å². The number of anilines is 3. The molecular formula is C16H20BrN5O2. The van der Waals surface area contributed by atoms with Crippen LogP contribution >= 0.6 is 15.9 Å². The number of Topliss-reactive ketones (excluding diaryl/α,β-unsaturated/α-hetero) is 1. The van der Waals surface area contributed by atoms with E-state index in [9.17, 15) is 9.59 Å². The van der Waals surface area contributed by atoms with Gasteiger partial charge in [0.25, 0.3) is 0 Å². The number of amides is 1. The van der Waals surface area contributed by atoms with Gasteiger partial charge in [-0.1, -0.05) is 15.9 Å². The number of rotatable bonds is 3. The second-order valence-electron chi connectivity index (χ2n) is 5.22. The number of nitrogens with zero attached hydrogens (tertiary/aromatic N) is 2. The molecule has 2 rings (SSSR count). The van der Waals surface area contributed by atoms with Crippen LogP contribution in [0, 0.1) is 6.92 Å². The highest BCUT2D eigenvalue weighted by Gasteiger charge is 2.04. The van der Waals surface area contributed by atoms with Crippen molar-refractivity contribution in [2.75, 3.05) is 16.8 Å². The third-order valence-corrected chi connectivity index (χ3v) is 3.04. The lowest BCUT2D eigenvalue weighted by atomic mass is 10.1. The lowest BCUT2D eigenvalue weighted by Crippen LogP contribution is -2.09. The normalized spacial score (nSPS) is 9.67. The number of hydrogen-bond acceptors (Lipinski definition) is 6. The highest BCUT2D eigenvalue weighted by atomic mass is 79.9. The number of ketones is 1. The maximum absolute atomic E-state index is 10.9. The number of nitrogen functional groups attached to an aromatic ring is 2. The summed E-state index contributed by atoms with van der Waals surface area (Å²) in [6.07, 6.45) is 0.300. The minimum absolute atomic E-state index is 0.0573. The Morgan fingerprint density at radius 2 is 1.67 bits per heavy atom. The molecule has 2 aromatic rings. The molecule has 0 aliphatic rings. The molecule has 128 valence electrons. The number of carbonyl (C=O) groups excluding carboxylic acids is 2. The summed E-state index contributed by atoms with van der Waals surface area (Å²) < 4.78 is 0.854. The van der Waals surface area contributed by atoms with Gasteiger partial charge in [0.2, 0.25) is 5.91 Å². The molecule has 7 nitrogen and oxygen atoms in total. The Morgan fingerprint density at radius 3 is 2.12 bits per heavy atom. The van der Waals surface area contributed by atoms with E-state index in [1.807, 2.05) is 13.0 Å². The molecule has 8 heteroatoms. The number of hydrogen-bond donors (Lipinski definition) is 3. The molecule has 0 aromatic carbocycles. The third-order valence-electron chi connectivity index (χ3n) is 2.59. The number of pyridine rings is 2. The Morgan fingerprint density at radius 1 is 1.08 bits per heavy atom. The van der Waals surface area contributed by atoms with E-state index >= 15 is 0 Å². The number of nitrogens with two attached hydrogens (primary N) is 2. The van der Waals surface area contributed by atoms with Crippen LogP contribution in [-0.4, -0.2) is 21.7 Å². The lowest BCUT2D eigenvalue weighted by molar-refractivity contribution is -0.116. The fourth-order valence-corrected chi connectivity index (χ4v) is 2.34. The molecule has 0 saturated heterocycles. The molecule has 0 spiro atoms. The molecular weight excluding hydrogens is 374 g/mol. The fourth-order valence-electron chi connectivity index (χ4n) is 1.87. The van der Waals surface area contributed by atoms with Gasteiger partial charge in [-0.15, -0.1) is 0 Å². The summed E-state index contributed by atoms with van der Waals surface area (Å²) in [5.74, 6) is 1.26. The van der Waals surface area contributed by atoms with Gasteiger partial charge in [-0.2, -0.15) is 0 Å². The van der Waals surface area contributed by atoms with Gasteiger partial charge < -0.3 is 16.8 Å². The van der Waals surface area contributed by atoms with Crippen molar-refractivity contribution in [3.8, 4) is 0 Å². The maximum atomic E-state index is 10.9. The highest BCUT2D eigenvalue weighted by molar-refractivity contribution is 9.10. The smallest absolute Gasteiger partial charge is 0.222 e. The molecule has 2 heterocycles. The molecule has 0 radical (unpaired) electrons. The predicted molar refractivity (Wildman–Crippen MR) is 98.4 cm³/mol. The molecule has 1 amide bonds. The zero-order valence-corrected chi connectivity index (χ0v) is 15.3. The zero-order valence-electron chi connectivity index (χ0n) is 13.8. The van der Waals surface area contributed by atoms with Crippen molar-refractivity contribution in [3.05, 3.63) is 40.0 Å². The Hall–Kier alpha value is -2.48. The molecule has 0 aliphatic heterocycles. The molecule has 24 heavy (non-hydrogen) atoms. The van der Waals surface area contributed by atoms with Crippen LogP contribution in [0.3, 0.4) is 0 Å². The first kappa shape index (κ1) is 19.6. The SMILES string of the molecule is CC(=O)Cc1cc(C)cc(NC(C)=O)n1.Nc1cc(Br)cc(N)n1. The first-order chi connectivity index (χ1) is 11.2. The van der Waals surface area contributed by atoms with E-state index < -0.39 is 0 Å². The van der Waals surface area contributed by atoms with Crippen LogP contribution in [0.2, 0.25) is 0 Å². The van der Waals surface area contributed by atoms with Crippen molar-refractivity contribution in [2.45, 2.75) is 27.2 Å². The van der Waals surface area contributed by atoms with Gasteiger partial charge in [0.1, 0.15) is 23.2 Å². The third kappa shape index (κ3) is 7.68. The summed E-state index contributed by atoms with van der Waals surface area (Å²) >= 11 is 3.21. The van der Waals surface area contributed by atoms with Crippen LogP contribution in [0.4, 0.5) is 17.5 Å². The number of carbonyl (C=O) groups is 2. The monoisotopic (exact) mass is 393 g/mol. The summed E-state index contributed by atoms with van der Waals surface area (Å²) in [4.78, 5) is 29.7. The first-order valence-corrected chi connectivity index (χ1v) is 7.88. The molecule has 0 bridgehead atoms. The van der Waals surface area contributed by atoms with Crippen LogP contribution in [0.1, 0.15) is 25.1 Å². The van der Waals surface area contributed by atoms with E-state index in [1.165, 1.54) is 13.8 Å². The summed E-state index contributed by atoms with van der Waals surface area (Å²) in [6.45, 7) is 4.84. The van der Waals surface area contributed by atoms with Crippen LogP contribution in [-0.2, 0) is 16.0 Å². The molecule has 5 N–H and O–H groups in total. The van der Waals surface area contributed by atoms with E-state index in [0.29, 0.717) is 29.6 Å². The second kappa shape index (κ2) is 8.97. The Kier molecular flexibility index (Phi) is 7.31. The molecule has 0 saturated carbocycles. The molecule has 2 aromatic heterocycles. The minimum atomic E-state index is -0.165. The van der Waals surface area contributed by atoms with Crippen molar-refractivity contribution < 1.29 is 9.59 Å². The van der Waals surface area contributed by atoms with Gasteiger partial charge in [0.15, 0.2) is 0 Å². The second-order valence-corrected chi connectivity index (χ2v) is 6.13. The predicted octanol–water partition coefficient (Wildman–Crippen LogP) is 2.49. The summed E-state index contributed by atoms with van der Waals surface area (Å²) in [7, 11) is 0. The van der Waals surface area contributed by atoms with Gasteiger partial charge in [0, 0.05) is 17.8 Å². The van der Waals surface area contributed by atoms with E-state index in [0.717, 1.165) is 10.0 Å². The van der Waals surface area contributed by atoms with Crippen LogP contribution < -0.4 is 16.8 Å². The van der Waals surface area contributed by atoms with E-state index in [2.05, 4.69) is 31.2 Å². The molecule has 0 atom stereocenters. The summed E-state index contributed by atoms with van der Waals surface area (Å²) in [6, 6.07) is 6.99. The molecule has 0 unspecified atom stereocenters. The quantitative estimate of drug-likeness (QED) is 0.735. The van der Waals surface area contributed by atoms with Crippen molar-refractivity contribution in [1.82, 2.24) is 9.97 Å². The van der Waals surface area contributed by atoms with E-state index in [1.54, 1.807) is 18.2 Å². The van der Waals surface area contributed by atoms with Crippen LogP contribution in [0.25, 0.3) is 0 Å².